The molecule has 1 aromatic rings. The van der Waals surface area contributed by atoms with Gasteiger partial charge in [-0.1, -0.05) is 19.9 Å². The Hall–Kier alpha value is -1.42. The first-order valence-electron chi connectivity index (χ1n) is 6.55. The molecule has 1 aromatic carbocycles. The van der Waals surface area contributed by atoms with Crippen LogP contribution in [0.1, 0.15) is 37.8 Å². The molecule has 0 heterocycles. The molecule has 0 spiro atoms. The highest BCUT2D eigenvalue weighted by Crippen LogP contribution is 2.19. The Balaban J connectivity index is 2.72. The molecular weight excluding hydrogens is 228 g/mol. The van der Waals surface area contributed by atoms with Gasteiger partial charge in [0.05, 0.1) is 4.92 Å². The van der Waals surface area contributed by atoms with Gasteiger partial charge in [-0.3, -0.25) is 10.1 Å². The van der Waals surface area contributed by atoms with Crippen LogP contribution >= 0.6 is 0 Å². The van der Waals surface area contributed by atoms with Crippen LogP contribution in [0.5, 0.6) is 0 Å². The second-order valence-corrected chi connectivity index (χ2v) is 4.64. The van der Waals surface area contributed by atoms with Crippen molar-refractivity contribution in [3.05, 3.63) is 39.4 Å². The molecular formula is C14H22N2O2. The normalized spacial score (nSPS) is 12.4. The van der Waals surface area contributed by atoms with Gasteiger partial charge in [-0.25, -0.2) is 0 Å². The summed E-state index contributed by atoms with van der Waals surface area (Å²) in [7, 11) is 0. The lowest BCUT2D eigenvalue weighted by Gasteiger charge is -2.16. The van der Waals surface area contributed by atoms with Gasteiger partial charge in [0.2, 0.25) is 0 Å². The minimum atomic E-state index is -0.328. The minimum absolute atomic E-state index is 0.202. The van der Waals surface area contributed by atoms with Gasteiger partial charge < -0.3 is 5.32 Å². The summed E-state index contributed by atoms with van der Waals surface area (Å²) in [6.07, 6.45) is 3.11. The van der Waals surface area contributed by atoms with Gasteiger partial charge in [-0.05, 0) is 44.4 Å². The van der Waals surface area contributed by atoms with Gasteiger partial charge in [-0.2, -0.15) is 0 Å². The SMILES string of the molecule is CCCNC(CC)Cc1ccc([N+](=O)[O-])c(C)c1. The van der Waals surface area contributed by atoms with E-state index in [2.05, 4.69) is 19.2 Å². The van der Waals surface area contributed by atoms with E-state index in [0.29, 0.717) is 6.04 Å². The van der Waals surface area contributed by atoms with Crippen molar-refractivity contribution < 1.29 is 4.92 Å². The molecule has 0 aliphatic rings. The first-order valence-corrected chi connectivity index (χ1v) is 6.55. The number of benzene rings is 1. The Morgan fingerprint density at radius 1 is 1.39 bits per heavy atom. The van der Waals surface area contributed by atoms with Crippen molar-refractivity contribution in [2.75, 3.05) is 6.54 Å². The average molecular weight is 250 g/mol. The average Bonchev–Trinajstić information content (AvgIpc) is 2.34. The summed E-state index contributed by atoms with van der Waals surface area (Å²) < 4.78 is 0. The van der Waals surface area contributed by atoms with E-state index in [9.17, 15) is 10.1 Å². The summed E-state index contributed by atoms with van der Waals surface area (Å²) in [5.41, 5.74) is 2.10. The maximum Gasteiger partial charge on any atom is 0.272 e. The third kappa shape index (κ3) is 4.11. The van der Waals surface area contributed by atoms with E-state index in [4.69, 9.17) is 0 Å². The van der Waals surface area contributed by atoms with E-state index in [-0.39, 0.29) is 10.6 Å². The van der Waals surface area contributed by atoms with Crippen molar-refractivity contribution in [3.8, 4) is 0 Å². The van der Waals surface area contributed by atoms with E-state index in [1.165, 1.54) is 0 Å². The lowest BCUT2D eigenvalue weighted by molar-refractivity contribution is -0.385. The van der Waals surface area contributed by atoms with Crippen molar-refractivity contribution in [1.29, 1.82) is 0 Å². The smallest absolute Gasteiger partial charge is 0.272 e. The van der Waals surface area contributed by atoms with Gasteiger partial charge in [0.15, 0.2) is 0 Å². The van der Waals surface area contributed by atoms with E-state index in [0.717, 1.165) is 36.9 Å². The predicted molar refractivity (Wildman–Crippen MR) is 73.9 cm³/mol. The molecule has 1 N–H and O–H groups in total. The van der Waals surface area contributed by atoms with E-state index < -0.39 is 0 Å². The number of nitrogens with zero attached hydrogens (tertiary/aromatic N) is 1. The number of aryl methyl sites for hydroxylation is 1. The highest BCUT2D eigenvalue weighted by atomic mass is 16.6. The maximum atomic E-state index is 10.7. The van der Waals surface area contributed by atoms with Crippen molar-refractivity contribution >= 4 is 5.69 Å². The molecule has 0 fully saturated rings. The van der Waals surface area contributed by atoms with Crippen LogP contribution in [0.25, 0.3) is 0 Å². The molecule has 0 aromatic heterocycles. The lowest BCUT2D eigenvalue weighted by atomic mass is 10.0. The Morgan fingerprint density at radius 3 is 2.61 bits per heavy atom. The van der Waals surface area contributed by atoms with Gasteiger partial charge in [0.1, 0.15) is 0 Å². The topological polar surface area (TPSA) is 55.2 Å². The van der Waals surface area contributed by atoms with Crippen LogP contribution in [-0.2, 0) is 6.42 Å². The highest BCUT2D eigenvalue weighted by molar-refractivity contribution is 5.42. The van der Waals surface area contributed by atoms with Crippen molar-refractivity contribution in [3.63, 3.8) is 0 Å². The summed E-state index contributed by atoms with van der Waals surface area (Å²) in [5.74, 6) is 0. The highest BCUT2D eigenvalue weighted by Gasteiger charge is 2.12. The molecule has 0 aliphatic carbocycles. The van der Waals surface area contributed by atoms with Crippen LogP contribution in [0.2, 0.25) is 0 Å². The fourth-order valence-electron chi connectivity index (χ4n) is 2.04. The first kappa shape index (κ1) is 14.6. The third-order valence-electron chi connectivity index (χ3n) is 3.12. The Kier molecular flexibility index (Phi) is 5.78. The van der Waals surface area contributed by atoms with Crippen LogP contribution in [0, 0.1) is 17.0 Å². The zero-order valence-corrected chi connectivity index (χ0v) is 11.4. The van der Waals surface area contributed by atoms with Gasteiger partial charge in [0.25, 0.3) is 5.69 Å². The number of nitrogens with one attached hydrogen (secondary N) is 1. The fourth-order valence-corrected chi connectivity index (χ4v) is 2.04. The minimum Gasteiger partial charge on any atom is -0.314 e. The number of rotatable bonds is 7. The van der Waals surface area contributed by atoms with Gasteiger partial charge in [-0.15, -0.1) is 0 Å². The summed E-state index contributed by atoms with van der Waals surface area (Å²) in [4.78, 5) is 10.4. The molecule has 1 atom stereocenters. The monoisotopic (exact) mass is 250 g/mol. The molecule has 100 valence electrons. The van der Waals surface area contributed by atoms with Gasteiger partial charge >= 0.3 is 0 Å². The molecule has 1 rings (SSSR count). The lowest BCUT2D eigenvalue weighted by Crippen LogP contribution is -2.31. The standard InChI is InChI=1S/C14H22N2O2/c1-4-8-15-13(5-2)10-12-6-7-14(16(17)18)11(3)9-12/h6-7,9,13,15H,4-5,8,10H2,1-3H3. The molecule has 0 aliphatic heterocycles. The molecule has 4 heteroatoms. The first-order chi connectivity index (χ1) is 8.58. The molecule has 0 saturated carbocycles. The van der Waals surface area contributed by atoms with Crippen molar-refractivity contribution in [2.45, 2.75) is 46.1 Å². The second-order valence-electron chi connectivity index (χ2n) is 4.64. The van der Waals surface area contributed by atoms with Crippen LogP contribution in [0.15, 0.2) is 18.2 Å². The fraction of sp³-hybridized carbons (Fsp3) is 0.571. The third-order valence-corrected chi connectivity index (χ3v) is 3.12. The summed E-state index contributed by atoms with van der Waals surface area (Å²) in [6, 6.07) is 5.85. The number of nitro benzene ring substituents is 1. The molecule has 0 bridgehead atoms. The quantitative estimate of drug-likeness (QED) is 0.597. The Morgan fingerprint density at radius 2 is 2.11 bits per heavy atom. The second kappa shape index (κ2) is 7.11. The molecule has 1 unspecified atom stereocenters. The van der Waals surface area contributed by atoms with Crippen molar-refractivity contribution in [2.24, 2.45) is 0 Å². The largest absolute Gasteiger partial charge is 0.314 e. The predicted octanol–water partition coefficient (Wildman–Crippen LogP) is 3.22. The summed E-state index contributed by atoms with van der Waals surface area (Å²) in [6.45, 7) is 7.12. The summed E-state index contributed by atoms with van der Waals surface area (Å²) in [5, 5.41) is 14.2. The van der Waals surface area contributed by atoms with E-state index in [1.807, 2.05) is 12.1 Å². The zero-order valence-electron chi connectivity index (χ0n) is 11.4. The molecule has 0 saturated heterocycles. The van der Waals surface area contributed by atoms with E-state index in [1.54, 1.807) is 13.0 Å². The number of hydrogen-bond donors (Lipinski definition) is 1. The zero-order chi connectivity index (χ0) is 13.5. The Bertz CT molecular complexity index is 405. The molecule has 18 heavy (non-hydrogen) atoms. The van der Waals surface area contributed by atoms with Crippen LogP contribution in [0.4, 0.5) is 5.69 Å². The number of hydrogen-bond acceptors (Lipinski definition) is 3. The molecule has 0 radical (unpaired) electrons. The van der Waals surface area contributed by atoms with Crippen LogP contribution in [-0.4, -0.2) is 17.5 Å². The molecule has 0 amide bonds. The van der Waals surface area contributed by atoms with E-state index >= 15 is 0 Å². The Labute approximate surface area is 109 Å². The molecule has 4 nitrogen and oxygen atoms in total. The number of nitro groups is 1. The summed E-state index contributed by atoms with van der Waals surface area (Å²) >= 11 is 0. The van der Waals surface area contributed by atoms with Crippen LogP contribution < -0.4 is 5.32 Å². The van der Waals surface area contributed by atoms with Gasteiger partial charge in [0, 0.05) is 17.7 Å². The van der Waals surface area contributed by atoms with Crippen LogP contribution in [0.3, 0.4) is 0 Å². The van der Waals surface area contributed by atoms with Crippen molar-refractivity contribution in [1.82, 2.24) is 5.32 Å². The maximum absolute atomic E-state index is 10.7.